The smallest absolute Gasteiger partial charge is 0.326 e. The van der Waals surface area contributed by atoms with Gasteiger partial charge in [0.25, 0.3) is 5.91 Å². The van der Waals surface area contributed by atoms with Gasteiger partial charge in [-0.15, -0.1) is 0 Å². The Morgan fingerprint density at radius 3 is 2.20 bits per heavy atom. The van der Waals surface area contributed by atoms with Crippen LogP contribution in [-0.2, 0) is 16.0 Å². The van der Waals surface area contributed by atoms with Crippen LogP contribution in [0.3, 0.4) is 0 Å². The van der Waals surface area contributed by atoms with Gasteiger partial charge >= 0.3 is 5.97 Å². The molecule has 0 aliphatic rings. The molecule has 0 aliphatic carbocycles. The molecule has 0 unspecified atom stereocenters. The number of amides is 1. The molecule has 1 aromatic carbocycles. The van der Waals surface area contributed by atoms with Crippen molar-refractivity contribution in [2.24, 2.45) is 5.92 Å². The highest BCUT2D eigenvalue weighted by atomic mass is 16.4. The van der Waals surface area contributed by atoms with E-state index in [0.717, 1.165) is 10.5 Å². The molecule has 110 valence electrons. The fourth-order valence-electron chi connectivity index (χ4n) is 2.19. The molecule has 0 saturated heterocycles. The molecule has 0 fully saturated rings. The van der Waals surface area contributed by atoms with E-state index < -0.39 is 24.0 Å². The van der Waals surface area contributed by atoms with Gasteiger partial charge in [0, 0.05) is 13.5 Å². The van der Waals surface area contributed by atoms with Crippen LogP contribution in [0.15, 0.2) is 30.3 Å². The maximum absolute atomic E-state index is 12.1. The second kappa shape index (κ2) is 7.05. The van der Waals surface area contributed by atoms with Gasteiger partial charge in [-0.25, -0.2) is 4.79 Å². The van der Waals surface area contributed by atoms with Gasteiger partial charge in [-0.2, -0.15) is 0 Å². The molecular formula is C15H21NO4. The van der Waals surface area contributed by atoms with E-state index in [4.69, 9.17) is 5.11 Å². The van der Waals surface area contributed by atoms with Crippen molar-refractivity contribution in [3.63, 3.8) is 0 Å². The van der Waals surface area contributed by atoms with Crippen molar-refractivity contribution in [2.75, 3.05) is 7.05 Å². The molecule has 0 aromatic heterocycles. The number of aliphatic hydroxyl groups is 1. The van der Waals surface area contributed by atoms with Crippen LogP contribution in [0.5, 0.6) is 0 Å². The molecule has 1 amide bonds. The molecule has 0 saturated carbocycles. The van der Waals surface area contributed by atoms with Gasteiger partial charge in [0.05, 0.1) is 0 Å². The van der Waals surface area contributed by atoms with Crippen LogP contribution >= 0.6 is 0 Å². The van der Waals surface area contributed by atoms with Crippen LogP contribution in [0, 0.1) is 5.92 Å². The number of carboxylic acid groups (broad SMARTS) is 1. The molecule has 5 nitrogen and oxygen atoms in total. The van der Waals surface area contributed by atoms with Gasteiger partial charge in [-0.1, -0.05) is 44.2 Å². The van der Waals surface area contributed by atoms with Crippen molar-refractivity contribution in [3.8, 4) is 0 Å². The van der Waals surface area contributed by atoms with Gasteiger partial charge in [-0.05, 0) is 11.5 Å². The molecule has 5 heteroatoms. The SMILES string of the molecule is CC(C)[C@@H](C(=O)O)N(C)C(=O)[C@H](O)Cc1ccccc1. The Kier molecular flexibility index (Phi) is 5.70. The van der Waals surface area contributed by atoms with Crippen LogP contribution in [0.1, 0.15) is 19.4 Å². The van der Waals surface area contributed by atoms with E-state index in [2.05, 4.69) is 0 Å². The minimum atomic E-state index is -1.23. The summed E-state index contributed by atoms with van der Waals surface area (Å²) in [5.41, 5.74) is 0.832. The zero-order valence-electron chi connectivity index (χ0n) is 12.0. The van der Waals surface area contributed by atoms with E-state index in [0.29, 0.717) is 0 Å². The second-order valence-electron chi connectivity index (χ2n) is 5.18. The summed E-state index contributed by atoms with van der Waals surface area (Å²) in [5, 5.41) is 19.1. The maximum atomic E-state index is 12.1. The van der Waals surface area contributed by atoms with E-state index in [9.17, 15) is 14.7 Å². The molecule has 1 aromatic rings. The summed E-state index contributed by atoms with van der Waals surface area (Å²) in [6, 6.07) is 8.19. The lowest BCUT2D eigenvalue weighted by Gasteiger charge is -2.29. The average Bonchev–Trinajstić information content (AvgIpc) is 2.37. The average molecular weight is 279 g/mol. The van der Waals surface area contributed by atoms with Crippen molar-refractivity contribution in [1.29, 1.82) is 0 Å². The molecule has 2 N–H and O–H groups in total. The quantitative estimate of drug-likeness (QED) is 0.819. The topological polar surface area (TPSA) is 77.8 Å². The van der Waals surface area contributed by atoms with Crippen molar-refractivity contribution in [1.82, 2.24) is 4.90 Å². The number of likely N-dealkylation sites (N-methyl/N-ethyl adjacent to an activating group) is 1. The minimum absolute atomic E-state index is 0.175. The standard InChI is InChI=1S/C15H21NO4/c1-10(2)13(15(19)20)16(3)14(18)12(17)9-11-7-5-4-6-8-11/h4-8,10,12-13,17H,9H2,1-3H3,(H,19,20)/t12-,13+/m1/s1. The number of aliphatic carboxylic acids is 1. The molecule has 1 rings (SSSR count). The number of nitrogens with zero attached hydrogens (tertiary/aromatic N) is 1. The van der Waals surface area contributed by atoms with E-state index >= 15 is 0 Å². The van der Waals surface area contributed by atoms with Crippen molar-refractivity contribution in [3.05, 3.63) is 35.9 Å². The van der Waals surface area contributed by atoms with Crippen LogP contribution in [-0.4, -0.2) is 46.2 Å². The summed E-state index contributed by atoms with van der Waals surface area (Å²) in [6.07, 6.45) is -1.06. The Bertz CT molecular complexity index is 458. The third kappa shape index (κ3) is 4.06. The molecule has 0 spiro atoms. The fraction of sp³-hybridized carbons (Fsp3) is 0.467. The van der Waals surface area contributed by atoms with Crippen molar-refractivity contribution in [2.45, 2.75) is 32.4 Å². The van der Waals surface area contributed by atoms with Crippen molar-refractivity contribution < 1.29 is 19.8 Å². The third-order valence-corrected chi connectivity index (χ3v) is 3.21. The highest BCUT2D eigenvalue weighted by molar-refractivity contribution is 5.86. The number of carbonyl (C=O) groups is 2. The van der Waals surface area contributed by atoms with E-state index in [1.165, 1.54) is 7.05 Å². The van der Waals surface area contributed by atoms with Gasteiger partial charge in [0.15, 0.2) is 0 Å². The molecule has 0 aliphatic heterocycles. The number of rotatable bonds is 6. The Labute approximate surface area is 118 Å². The molecule has 20 heavy (non-hydrogen) atoms. The zero-order valence-corrected chi connectivity index (χ0v) is 12.0. The highest BCUT2D eigenvalue weighted by Gasteiger charge is 2.32. The Hall–Kier alpha value is -1.88. The predicted molar refractivity (Wildman–Crippen MR) is 75.2 cm³/mol. The summed E-state index contributed by atoms with van der Waals surface area (Å²) in [6.45, 7) is 3.46. The summed E-state index contributed by atoms with van der Waals surface area (Å²) in [4.78, 5) is 24.4. The number of aliphatic hydroxyl groups excluding tert-OH is 1. The van der Waals surface area contributed by atoms with E-state index in [-0.39, 0.29) is 12.3 Å². The first kappa shape index (κ1) is 16.2. The molecule has 2 atom stereocenters. The van der Waals surface area contributed by atoms with Gasteiger partial charge in [0.1, 0.15) is 12.1 Å². The minimum Gasteiger partial charge on any atom is -0.480 e. The molecule has 0 radical (unpaired) electrons. The fourth-order valence-corrected chi connectivity index (χ4v) is 2.19. The highest BCUT2D eigenvalue weighted by Crippen LogP contribution is 2.13. The van der Waals surface area contributed by atoms with Crippen molar-refractivity contribution >= 4 is 11.9 Å². The first-order valence-corrected chi connectivity index (χ1v) is 6.56. The molecule has 0 bridgehead atoms. The maximum Gasteiger partial charge on any atom is 0.326 e. The molecular weight excluding hydrogens is 258 g/mol. The first-order valence-electron chi connectivity index (χ1n) is 6.56. The Balaban J connectivity index is 2.75. The Morgan fingerprint density at radius 1 is 1.20 bits per heavy atom. The van der Waals surface area contributed by atoms with Crippen LogP contribution < -0.4 is 0 Å². The summed E-state index contributed by atoms with van der Waals surface area (Å²) >= 11 is 0. The Morgan fingerprint density at radius 2 is 1.75 bits per heavy atom. The second-order valence-corrected chi connectivity index (χ2v) is 5.18. The van der Waals surface area contributed by atoms with Crippen LogP contribution in [0.4, 0.5) is 0 Å². The zero-order chi connectivity index (χ0) is 15.3. The lowest BCUT2D eigenvalue weighted by atomic mass is 10.0. The number of carbonyl (C=O) groups excluding carboxylic acids is 1. The third-order valence-electron chi connectivity index (χ3n) is 3.21. The first-order chi connectivity index (χ1) is 9.34. The number of hydrogen-bond acceptors (Lipinski definition) is 3. The predicted octanol–water partition coefficient (Wildman–Crippen LogP) is 1.16. The molecule has 0 heterocycles. The largest absolute Gasteiger partial charge is 0.480 e. The normalized spacial score (nSPS) is 13.8. The van der Waals surface area contributed by atoms with Gasteiger partial charge in [-0.3, -0.25) is 4.79 Å². The lowest BCUT2D eigenvalue weighted by molar-refractivity contribution is -0.154. The van der Waals surface area contributed by atoms with Gasteiger partial charge < -0.3 is 15.1 Å². The van der Waals surface area contributed by atoms with Gasteiger partial charge in [0.2, 0.25) is 0 Å². The van der Waals surface area contributed by atoms with Crippen LogP contribution in [0.2, 0.25) is 0 Å². The number of hydrogen-bond donors (Lipinski definition) is 2. The van der Waals surface area contributed by atoms with E-state index in [1.54, 1.807) is 13.8 Å². The summed E-state index contributed by atoms with van der Waals surface area (Å²) < 4.78 is 0. The van der Waals surface area contributed by atoms with Crippen LogP contribution in [0.25, 0.3) is 0 Å². The monoisotopic (exact) mass is 279 g/mol. The number of carboxylic acids is 1. The lowest BCUT2D eigenvalue weighted by Crippen LogP contribution is -2.49. The summed E-state index contributed by atoms with van der Waals surface area (Å²) in [5.74, 6) is -1.87. The van der Waals surface area contributed by atoms with E-state index in [1.807, 2.05) is 30.3 Å². The number of benzene rings is 1. The summed E-state index contributed by atoms with van der Waals surface area (Å²) in [7, 11) is 1.41.